The van der Waals surface area contributed by atoms with Crippen LogP contribution in [0.25, 0.3) is 0 Å². The number of benzene rings is 2. The number of amidine groups is 2. The van der Waals surface area contributed by atoms with Crippen LogP contribution in [0.15, 0.2) is 58.3 Å². The van der Waals surface area contributed by atoms with E-state index in [2.05, 4.69) is 80.7 Å². The van der Waals surface area contributed by atoms with Gasteiger partial charge in [0.15, 0.2) is 11.7 Å². The average Bonchev–Trinajstić information content (AvgIpc) is 3.10. The monoisotopic (exact) mass is 487 g/mol. The van der Waals surface area contributed by atoms with E-state index < -0.39 is 0 Å². The van der Waals surface area contributed by atoms with Gasteiger partial charge in [-0.3, -0.25) is 4.79 Å². The second-order valence-electron chi connectivity index (χ2n) is 10.2. The van der Waals surface area contributed by atoms with Gasteiger partial charge >= 0.3 is 0 Å². The van der Waals surface area contributed by atoms with Crippen LogP contribution in [-0.4, -0.2) is 46.7 Å². The molecule has 2 heterocycles. The predicted octanol–water partition coefficient (Wildman–Crippen LogP) is 4.53. The Balaban J connectivity index is 1.49. The number of hydrogen-bond donors (Lipinski definition) is 3. The Hall–Kier alpha value is -3.81. The first-order chi connectivity index (χ1) is 17.0. The lowest BCUT2D eigenvalue weighted by Gasteiger charge is -2.47. The zero-order valence-corrected chi connectivity index (χ0v) is 22.3. The quantitative estimate of drug-likeness (QED) is 0.589. The van der Waals surface area contributed by atoms with Gasteiger partial charge in [-0.2, -0.15) is 5.10 Å². The molecule has 2 aromatic rings. The van der Waals surface area contributed by atoms with Gasteiger partial charge in [0.25, 0.3) is 0 Å². The summed E-state index contributed by atoms with van der Waals surface area (Å²) in [6.45, 7) is 12.5. The number of aliphatic imine (C=N–C) groups is 1. The Labute approximate surface area is 214 Å². The summed E-state index contributed by atoms with van der Waals surface area (Å²) in [6.07, 6.45) is 2.37. The topological polar surface area (TPSA) is 98.3 Å². The van der Waals surface area contributed by atoms with Crippen LogP contribution in [0, 0.1) is 13.8 Å². The Bertz CT molecular complexity index is 1250. The normalized spacial score (nSPS) is 21.0. The molecule has 2 aliphatic rings. The van der Waals surface area contributed by atoms with Crippen LogP contribution in [0.3, 0.4) is 0 Å². The van der Waals surface area contributed by atoms with E-state index in [1.807, 2.05) is 18.0 Å². The van der Waals surface area contributed by atoms with Crippen molar-refractivity contribution in [3.05, 3.63) is 70.4 Å². The number of carbonyl (C=O) groups excluding carboxylic acids is 1. The summed E-state index contributed by atoms with van der Waals surface area (Å²) in [4.78, 5) is 19.1. The molecule has 0 radical (unpaired) electrons. The first kappa shape index (κ1) is 25.3. The molecule has 0 fully saturated rings. The van der Waals surface area contributed by atoms with E-state index in [4.69, 9.17) is 10.7 Å². The van der Waals surface area contributed by atoms with E-state index >= 15 is 0 Å². The van der Waals surface area contributed by atoms with Crippen LogP contribution in [-0.2, 0) is 11.2 Å². The number of amides is 1. The van der Waals surface area contributed by atoms with Crippen molar-refractivity contribution in [2.75, 3.05) is 24.3 Å². The molecule has 2 aliphatic heterocycles. The summed E-state index contributed by atoms with van der Waals surface area (Å²) in [5.74, 6) is 1.46. The van der Waals surface area contributed by atoms with Crippen molar-refractivity contribution in [2.24, 2.45) is 15.8 Å². The van der Waals surface area contributed by atoms with E-state index in [0.29, 0.717) is 18.3 Å². The van der Waals surface area contributed by atoms with Crippen molar-refractivity contribution >= 4 is 29.0 Å². The summed E-state index contributed by atoms with van der Waals surface area (Å²) in [5, 5.41) is 13.2. The molecule has 0 aromatic heterocycles. The average molecular weight is 488 g/mol. The van der Waals surface area contributed by atoms with Crippen molar-refractivity contribution in [3.63, 3.8) is 0 Å². The van der Waals surface area contributed by atoms with Gasteiger partial charge in [0.1, 0.15) is 6.67 Å². The van der Waals surface area contributed by atoms with Crippen molar-refractivity contribution in [2.45, 2.75) is 59.5 Å². The molecular weight excluding hydrogens is 450 g/mol. The van der Waals surface area contributed by atoms with Gasteiger partial charge < -0.3 is 21.3 Å². The maximum absolute atomic E-state index is 12.4. The van der Waals surface area contributed by atoms with E-state index in [0.717, 1.165) is 34.5 Å². The lowest BCUT2D eigenvalue weighted by atomic mass is 9.81. The standard InChI is InChI=1S/C28H37N7O/c1-17-9-8-10-18(2)25(17)32-26-24(15-29)27(34(7)33-26)31-16-30-22-12-11-21-14-28(5,6)35(20(4)36)19(3)23(21)13-22/h8-13,15,19,30H,14,16,29H2,1-7H3,(H,32,33)/b24-15-,31-27+. The minimum atomic E-state index is -0.209. The van der Waals surface area contributed by atoms with E-state index in [-0.39, 0.29) is 17.5 Å². The molecular formula is C28H37N7O. The minimum Gasteiger partial charge on any atom is -0.404 e. The number of anilines is 2. The van der Waals surface area contributed by atoms with Gasteiger partial charge in [0.05, 0.1) is 11.6 Å². The Kier molecular flexibility index (Phi) is 6.80. The molecule has 8 nitrogen and oxygen atoms in total. The summed E-state index contributed by atoms with van der Waals surface area (Å²) < 4.78 is 0. The Morgan fingerprint density at radius 2 is 1.94 bits per heavy atom. The van der Waals surface area contributed by atoms with Gasteiger partial charge in [-0.1, -0.05) is 24.3 Å². The molecule has 190 valence electrons. The first-order valence-corrected chi connectivity index (χ1v) is 12.3. The highest BCUT2D eigenvalue weighted by Gasteiger charge is 2.39. The van der Waals surface area contributed by atoms with E-state index in [1.54, 1.807) is 18.1 Å². The smallest absolute Gasteiger partial charge is 0.220 e. The van der Waals surface area contributed by atoms with Crippen molar-refractivity contribution in [1.82, 2.24) is 9.91 Å². The molecule has 1 unspecified atom stereocenters. The minimum absolute atomic E-state index is 0.00832. The molecule has 0 spiro atoms. The lowest BCUT2D eigenvalue weighted by Crippen LogP contribution is -2.52. The number of rotatable bonds is 4. The third-order valence-corrected chi connectivity index (χ3v) is 7.05. The molecule has 0 aliphatic carbocycles. The molecule has 1 amide bonds. The third kappa shape index (κ3) is 4.67. The van der Waals surface area contributed by atoms with Crippen LogP contribution < -0.4 is 16.4 Å². The number of hydrogen-bond acceptors (Lipinski definition) is 6. The fraction of sp³-hybridized carbons (Fsp3) is 0.393. The van der Waals surface area contributed by atoms with Crippen molar-refractivity contribution in [3.8, 4) is 0 Å². The number of aryl methyl sites for hydroxylation is 2. The summed E-state index contributed by atoms with van der Waals surface area (Å²) in [6, 6.07) is 12.5. The van der Waals surface area contributed by atoms with Crippen LogP contribution >= 0.6 is 0 Å². The highest BCUT2D eigenvalue weighted by molar-refractivity contribution is 6.29. The summed E-state index contributed by atoms with van der Waals surface area (Å²) in [7, 11) is 1.86. The summed E-state index contributed by atoms with van der Waals surface area (Å²) in [5.41, 5.74) is 13.2. The van der Waals surface area contributed by atoms with Crippen LogP contribution in [0.5, 0.6) is 0 Å². The van der Waals surface area contributed by atoms with Gasteiger partial charge in [0.2, 0.25) is 5.91 Å². The molecule has 0 bridgehead atoms. The van der Waals surface area contributed by atoms with Crippen molar-refractivity contribution < 1.29 is 4.79 Å². The Morgan fingerprint density at radius 1 is 1.25 bits per heavy atom. The van der Waals surface area contributed by atoms with Gasteiger partial charge in [0, 0.05) is 37.1 Å². The molecule has 4 rings (SSSR count). The molecule has 8 heteroatoms. The fourth-order valence-corrected chi connectivity index (χ4v) is 5.47. The predicted molar refractivity (Wildman–Crippen MR) is 148 cm³/mol. The van der Waals surface area contributed by atoms with Crippen molar-refractivity contribution in [1.29, 1.82) is 0 Å². The van der Waals surface area contributed by atoms with Crippen LogP contribution in [0.1, 0.15) is 56.0 Å². The third-order valence-electron chi connectivity index (χ3n) is 7.05. The number of nitrogens with two attached hydrogens (primary N) is 1. The number of nitrogens with zero attached hydrogens (tertiary/aromatic N) is 4. The molecule has 4 N–H and O–H groups in total. The molecule has 0 saturated heterocycles. The zero-order chi connectivity index (χ0) is 26.2. The van der Waals surface area contributed by atoms with Gasteiger partial charge in [-0.15, -0.1) is 0 Å². The SMILES string of the molecule is CC(=O)N1C(C)c2cc(NC/N=C3\C(=C/N)C(Nc4c(C)cccc4C)=NN3C)ccc2CC1(C)C. The van der Waals surface area contributed by atoms with E-state index in [9.17, 15) is 4.79 Å². The molecule has 0 saturated carbocycles. The number of carbonyl (C=O) groups is 1. The number of likely N-dealkylation sites (N-methyl/N-ethyl adjacent to an activating group) is 1. The molecule has 36 heavy (non-hydrogen) atoms. The maximum Gasteiger partial charge on any atom is 0.220 e. The maximum atomic E-state index is 12.4. The number of hydrazone groups is 1. The van der Waals surface area contributed by atoms with Crippen LogP contribution in [0.2, 0.25) is 0 Å². The molecule has 1 atom stereocenters. The largest absolute Gasteiger partial charge is 0.404 e. The molecule has 2 aromatic carbocycles. The number of nitrogens with one attached hydrogen (secondary N) is 2. The van der Waals surface area contributed by atoms with Gasteiger partial charge in [-0.25, -0.2) is 10.0 Å². The first-order valence-electron chi connectivity index (χ1n) is 12.3. The number of para-hydroxylation sites is 1. The van der Waals surface area contributed by atoms with Gasteiger partial charge in [-0.05, 0) is 75.4 Å². The summed E-state index contributed by atoms with van der Waals surface area (Å²) >= 11 is 0. The van der Waals surface area contributed by atoms with E-state index in [1.165, 1.54) is 11.1 Å². The fourth-order valence-electron chi connectivity index (χ4n) is 5.47. The van der Waals surface area contributed by atoms with Crippen LogP contribution in [0.4, 0.5) is 11.4 Å². The second kappa shape index (κ2) is 9.68. The zero-order valence-electron chi connectivity index (χ0n) is 22.3. The Morgan fingerprint density at radius 3 is 2.58 bits per heavy atom. The lowest BCUT2D eigenvalue weighted by molar-refractivity contribution is -0.138. The second-order valence-corrected chi connectivity index (χ2v) is 10.2. The number of fused-ring (bicyclic) bond motifs is 1. The highest BCUT2D eigenvalue weighted by atomic mass is 16.2. The highest BCUT2D eigenvalue weighted by Crippen LogP contribution is 2.39.